The Morgan fingerprint density at radius 2 is 1.86 bits per heavy atom. The first-order valence-corrected chi connectivity index (χ1v) is 3.62. The Hall–Kier alpha value is -1.17. The number of alkyl halides is 3. The lowest BCUT2D eigenvalue weighted by atomic mass is 10.3. The molecule has 0 aliphatic heterocycles. The second kappa shape index (κ2) is 3.53. The van der Waals surface area contributed by atoms with Crippen molar-refractivity contribution in [3.8, 4) is 11.5 Å². The molecule has 1 aromatic carbocycles. The second-order valence-electron chi connectivity index (χ2n) is 2.26. The Labute approximate surface area is 80.7 Å². The molecular weight excluding hydrogens is 228 g/mol. The molecule has 0 saturated carbocycles. The minimum Gasteiger partial charge on any atom is -0.506 e. The topological polar surface area (TPSA) is 29.5 Å². The number of hydrogen-bond donors (Lipinski definition) is 1. The number of aromatic hydroxyl groups is 1. The summed E-state index contributed by atoms with van der Waals surface area (Å²) in [5.74, 6) is -3.19. The summed E-state index contributed by atoms with van der Waals surface area (Å²) < 4.78 is 51.2. The minimum atomic E-state index is -5.00. The van der Waals surface area contributed by atoms with Gasteiger partial charge in [-0.3, -0.25) is 0 Å². The summed E-state index contributed by atoms with van der Waals surface area (Å²) in [6, 6.07) is 1.43. The Bertz CT molecular complexity index is 350. The highest BCUT2D eigenvalue weighted by atomic mass is 35.5. The fourth-order valence-corrected chi connectivity index (χ4v) is 0.881. The molecule has 0 unspecified atom stereocenters. The molecule has 78 valence electrons. The first-order chi connectivity index (χ1) is 6.31. The molecule has 0 atom stereocenters. The number of phenolic OH excluding ortho intramolecular Hbond substituents is 1. The number of ether oxygens (including phenoxy) is 1. The molecule has 1 rings (SSSR count). The van der Waals surface area contributed by atoms with Crippen molar-refractivity contribution in [1.82, 2.24) is 0 Å². The van der Waals surface area contributed by atoms with Crippen LogP contribution in [0, 0.1) is 5.82 Å². The Kier molecular flexibility index (Phi) is 2.75. The predicted octanol–water partition coefficient (Wildman–Crippen LogP) is 3.08. The van der Waals surface area contributed by atoms with Gasteiger partial charge in [-0.05, 0) is 12.1 Å². The molecule has 0 radical (unpaired) electrons. The number of phenols is 1. The summed E-state index contributed by atoms with van der Waals surface area (Å²) in [7, 11) is 0. The van der Waals surface area contributed by atoms with E-state index in [-0.39, 0.29) is 0 Å². The van der Waals surface area contributed by atoms with Crippen LogP contribution in [0.4, 0.5) is 17.6 Å². The number of hydrogen-bond acceptors (Lipinski definition) is 2. The van der Waals surface area contributed by atoms with E-state index in [4.69, 9.17) is 16.7 Å². The van der Waals surface area contributed by atoms with Crippen LogP contribution >= 0.6 is 11.6 Å². The van der Waals surface area contributed by atoms with Crippen LogP contribution in [0.2, 0.25) is 5.02 Å². The molecule has 0 aliphatic carbocycles. The maximum Gasteiger partial charge on any atom is 0.573 e. The minimum absolute atomic E-state index is 0.629. The zero-order chi connectivity index (χ0) is 10.9. The van der Waals surface area contributed by atoms with Gasteiger partial charge in [-0.15, -0.1) is 13.2 Å². The molecule has 14 heavy (non-hydrogen) atoms. The Morgan fingerprint density at radius 3 is 2.36 bits per heavy atom. The van der Waals surface area contributed by atoms with E-state index in [0.29, 0.717) is 6.07 Å². The van der Waals surface area contributed by atoms with Gasteiger partial charge in [-0.1, -0.05) is 11.6 Å². The molecule has 1 N–H and O–H groups in total. The van der Waals surface area contributed by atoms with Gasteiger partial charge < -0.3 is 9.84 Å². The third kappa shape index (κ3) is 2.41. The molecule has 7 heteroatoms. The molecule has 0 heterocycles. The molecule has 0 fully saturated rings. The standard InChI is InChI=1S/C7H3ClF4O2/c8-5-3(13)1-2-4(6(5)9)14-7(10,11)12/h1-2,13H. The van der Waals surface area contributed by atoms with Crippen LogP contribution in [-0.2, 0) is 0 Å². The van der Waals surface area contributed by atoms with Gasteiger partial charge in [-0.25, -0.2) is 4.39 Å². The van der Waals surface area contributed by atoms with Crippen molar-refractivity contribution in [2.45, 2.75) is 6.36 Å². The Balaban J connectivity index is 3.06. The molecule has 0 aromatic heterocycles. The van der Waals surface area contributed by atoms with Gasteiger partial charge in [0.05, 0.1) is 0 Å². The van der Waals surface area contributed by atoms with Gasteiger partial charge >= 0.3 is 6.36 Å². The van der Waals surface area contributed by atoms with Crippen molar-refractivity contribution in [1.29, 1.82) is 0 Å². The molecule has 0 aliphatic rings. The average molecular weight is 231 g/mol. The summed E-state index contributed by atoms with van der Waals surface area (Å²) >= 11 is 5.14. The highest BCUT2D eigenvalue weighted by molar-refractivity contribution is 6.32. The number of benzene rings is 1. The van der Waals surface area contributed by atoms with Crippen LogP contribution < -0.4 is 4.74 Å². The smallest absolute Gasteiger partial charge is 0.506 e. The highest BCUT2D eigenvalue weighted by Crippen LogP contribution is 2.34. The van der Waals surface area contributed by atoms with Crippen molar-refractivity contribution in [3.05, 3.63) is 23.0 Å². The van der Waals surface area contributed by atoms with Crippen molar-refractivity contribution in [3.63, 3.8) is 0 Å². The lowest BCUT2D eigenvalue weighted by molar-refractivity contribution is -0.275. The molecular formula is C7H3ClF4O2. The molecule has 0 bridgehead atoms. The first-order valence-electron chi connectivity index (χ1n) is 3.24. The zero-order valence-corrected chi connectivity index (χ0v) is 7.16. The summed E-state index contributed by atoms with van der Waals surface area (Å²) in [6.07, 6.45) is -5.00. The zero-order valence-electron chi connectivity index (χ0n) is 6.40. The number of rotatable bonds is 1. The lowest BCUT2D eigenvalue weighted by Gasteiger charge is -2.10. The second-order valence-corrected chi connectivity index (χ2v) is 2.64. The summed E-state index contributed by atoms with van der Waals surface area (Å²) in [5.41, 5.74) is 0. The monoisotopic (exact) mass is 230 g/mol. The quantitative estimate of drug-likeness (QED) is 0.752. The predicted molar refractivity (Wildman–Crippen MR) is 39.8 cm³/mol. The van der Waals surface area contributed by atoms with E-state index >= 15 is 0 Å². The largest absolute Gasteiger partial charge is 0.573 e. The normalized spacial score (nSPS) is 11.5. The van der Waals surface area contributed by atoms with Gasteiger partial charge in [0.25, 0.3) is 0 Å². The van der Waals surface area contributed by atoms with Crippen LogP contribution in [0.5, 0.6) is 11.5 Å². The van der Waals surface area contributed by atoms with Crippen LogP contribution in [0.1, 0.15) is 0 Å². The maximum atomic E-state index is 12.9. The van der Waals surface area contributed by atoms with E-state index in [1.165, 1.54) is 0 Å². The number of halogens is 5. The average Bonchev–Trinajstić information content (AvgIpc) is 2.04. The van der Waals surface area contributed by atoms with Crippen molar-refractivity contribution in [2.24, 2.45) is 0 Å². The van der Waals surface area contributed by atoms with E-state index < -0.39 is 28.7 Å². The van der Waals surface area contributed by atoms with E-state index in [1.807, 2.05) is 0 Å². The van der Waals surface area contributed by atoms with E-state index in [9.17, 15) is 17.6 Å². The molecule has 0 saturated heterocycles. The van der Waals surface area contributed by atoms with Crippen LogP contribution in [0.15, 0.2) is 12.1 Å². The van der Waals surface area contributed by atoms with Gasteiger partial charge in [0.1, 0.15) is 10.8 Å². The molecule has 1 aromatic rings. The van der Waals surface area contributed by atoms with Gasteiger partial charge in [0.15, 0.2) is 11.6 Å². The van der Waals surface area contributed by atoms with E-state index in [1.54, 1.807) is 0 Å². The first kappa shape index (κ1) is 10.9. The molecule has 2 nitrogen and oxygen atoms in total. The van der Waals surface area contributed by atoms with Crippen LogP contribution in [0.25, 0.3) is 0 Å². The van der Waals surface area contributed by atoms with Crippen molar-refractivity contribution in [2.75, 3.05) is 0 Å². The fourth-order valence-electron chi connectivity index (χ4n) is 0.725. The third-order valence-electron chi connectivity index (χ3n) is 1.25. The van der Waals surface area contributed by atoms with Crippen LogP contribution in [-0.4, -0.2) is 11.5 Å². The van der Waals surface area contributed by atoms with Crippen molar-refractivity contribution < 1.29 is 27.4 Å². The third-order valence-corrected chi connectivity index (χ3v) is 1.61. The van der Waals surface area contributed by atoms with Crippen molar-refractivity contribution >= 4 is 11.6 Å². The van der Waals surface area contributed by atoms with E-state index in [2.05, 4.69) is 4.74 Å². The van der Waals surface area contributed by atoms with Gasteiger partial charge in [-0.2, -0.15) is 0 Å². The Morgan fingerprint density at radius 1 is 1.29 bits per heavy atom. The lowest BCUT2D eigenvalue weighted by Crippen LogP contribution is -2.17. The van der Waals surface area contributed by atoms with Gasteiger partial charge in [0, 0.05) is 0 Å². The fraction of sp³-hybridized carbons (Fsp3) is 0.143. The summed E-state index contributed by atoms with van der Waals surface area (Å²) in [4.78, 5) is 0. The summed E-state index contributed by atoms with van der Waals surface area (Å²) in [5, 5.41) is 8.00. The molecule has 0 amide bonds. The van der Waals surface area contributed by atoms with Crippen LogP contribution in [0.3, 0.4) is 0 Å². The SMILES string of the molecule is Oc1ccc(OC(F)(F)F)c(F)c1Cl. The summed E-state index contributed by atoms with van der Waals surface area (Å²) in [6.45, 7) is 0. The highest BCUT2D eigenvalue weighted by Gasteiger charge is 2.33. The van der Waals surface area contributed by atoms with E-state index in [0.717, 1.165) is 6.07 Å². The van der Waals surface area contributed by atoms with Gasteiger partial charge in [0.2, 0.25) is 0 Å². The maximum absolute atomic E-state index is 12.9. The molecule has 0 spiro atoms.